The minimum atomic E-state index is 0.0315. The molecule has 0 bridgehead atoms. The number of rotatable bonds is 5. The van der Waals surface area contributed by atoms with Gasteiger partial charge in [0.2, 0.25) is 0 Å². The fourth-order valence-corrected chi connectivity index (χ4v) is 1.53. The van der Waals surface area contributed by atoms with E-state index >= 15 is 0 Å². The summed E-state index contributed by atoms with van der Waals surface area (Å²) >= 11 is 0. The normalized spacial score (nSPS) is 12.1. The van der Waals surface area contributed by atoms with Gasteiger partial charge in [0.25, 0.3) is 0 Å². The number of aromatic nitrogens is 1. The van der Waals surface area contributed by atoms with Crippen LogP contribution in [-0.4, -0.2) is 29.9 Å². The summed E-state index contributed by atoms with van der Waals surface area (Å²) in [6.45, 7) is 1.97. The maximum Gasteiger partial charge on any atom is 0.101 e. The van der Waals surface area contributed by atoms with Gasteiger partial charge in [-0.3, -0.25) is 4.98 Å². The Kier molecular flexibility index (Phi) is 4.90. The first-order valence-electron chi connectivity index (χ1n) is 5.23. The summed E-state index contributed by atoms with van der Waals surface area (Å²) in [6.07, 6.45) is 2.80. The van der Waals surface area contributed by atoms with Crippen molar-refractivity contribution in [1.29, 1.82) is 5.26 Å². The van der Waals surface area contributed by atoms with Crippen molar-refractivity contribution in [3.63, 3.8) is 0 Å². The predicted octanol–water partition coefficient (Wildman–Crippen LogP) is 1.07. The SMILES string of the molecule is COC(C)Cc1nccc(CCO)c1C#N. The second-order valence-corrected chi connectivity index (χ2v) is 3.63. The zero-order valence-corrected chi connectivity index (χ0v) is 9.60. The number of hydrogen-bond donors (Lipinski definition) is 1. The van der Waals surface area contributed by atoms with E-state index in [1.54, 1.807) is 19.4 Å². The van der Waals surface area contributed by atoms with E-state index in [1.807, 2.05) is 6.92 Å². The van der Waals surface area contributed by atoms with E-state index in [9.17, 15) is 0 Å². The van der Waals surface area contributed by atoms with Crippen molar-refractivity contribution >= 4 is 0 Å². The highest BCUT2D eigenvalue weighted by Gasteiger charge is 2.11. The highest BCUT2D eigenvalue weighted by Crippen LogP contribution is 2.14. The van der Waals surface area contributed by atoms with E-state index in [4.69, 9.17) is 15.1 Å². The van der Waals surface area contributed by atoms with E-state index in [1.165, 1.54) is 0 Å². The Hall–Kier alpha value is -1.44. The number of aliphatic hydroxyl groups excluding tert-OH is 1. The van der Waals surface area contributed by atoms with Crippen LogP contribution in [-0.2, 0) is 17.6 Å². The van der Waals surface area contributed by atoms with Gasteiger partial charge in [0.1, 0.15) is 6.07 Å². The third kappa shape index (κ3) is 3.02. The van der Waals surface area contributed by atoms with Crippen LogP contribution in [0.2, 0.25) is 0 Å². The van der Waals surface area contributed by atoms with Gasteiger partial charge in [0.05, 0.1) is 17.4 Å². The molecule has 1 atom stereocenters. The molecule has 0 saturated carbocycles. The molecule has 0 radical (unpaired) electrons. The van der Waals surface area contributed by atoms with E-state index < -0.39 is 0 Å². The molecule has 1 unspecified atom stereocenters. The smallest absolute Gasteiger partial charge is 0.101 e. The van der Waals surface area contributed by atoms with Crippen molar-refractivity contribution < 1.29 is 9.84 Å². The topological polar surface area (TPSA) is 66.1 Å². The lowest BCUT2D eigenvalue weighted by molar-refractivity contribution is 0.118. The van der Waals surface area contributed by atoms with Gasteiger partial charge < -0.3 is 9.84 Å². The molecule has 0 aliphatic heterocycles. The molecule has 0 amide bonds. The fourth-order valence-electron chi connectivity index (χ4n) is 1.53. The summed E-state index contributed by atoms with van der Waals surface area (Å²) in [5.74, 6) is 0. The maximum atomic E-state index is 9.10. The molecule has 0 aliphatic carbocycles. The lowest BCUT2D eigenvalue weighted by atomic mass is 10.0. The van der Waals surface area contributed by atoms with Gasteiger partial charge in [-0.25, -0.2) is 0 Å². The number of ether oxygens (including phenoxy) is 1. The Balaban J connectivity index is 3.00. The first-order chi connectivity index (χ1) is 7.72. The minimum Gasteiger partial charge on any atom is -0.396 e. The Labute approximate surface area is 95.5 Å². The van der Waals surface area contributed by atoms with Crippen LogP contribution in [0.1, 0.15) is 23.7 Å². The molecular weight excluding hydrogens is 204 g/mol. The molecule has 16 heavy (non-hydrogen) atoms. The molecule has 4 heteroatoms. The van der Waals surface area contributed by atoms with Gasteiger partial charge in [-0.15, -0.1) is 0 Å². The lowest BCUT2D eigenvalue weighted by Crippen LogP contribution is -2.12. The summed E-state index contributed by atoms with van der Waals surface area (Å²) in [5, 5.41) is 18.0. The van der Waals surface area contributed by atoms with Gasteiger partial charge in [-0.05, 0) is 25.0 Å². The van der Waals surface area contributed by atoms with Crippen LogP contribution >= 0.6 is 0 Å². The van der Waals surface area contributed by atoms with Crippen LogP contribution in [0.5, 0.6) is 0 Å². The molecule has 0 spiro atoms. The molecule has 0 aliphatic rings. The molecular formula is C12H16N2O2. The second-order valence-electron chi connectivity index (χ2n) is 3.63. The van der Waals surface area contributed by atoms with Crippen molar-refractivity contribution in [2.24, 2.45) is 0 Å². The molecule has 0 saturated heterocycles. The van der Waals surface area contributed by atoms with Gasteiger partial charge in [0.15, 0.2) is 0 Å². The van der Waals surface area contributed by atoms with Crippen molar-refractivity contribution in [1.82, 2.24) is 4.98 Å². The molecule has 1 aromatic heterocycles. The molecule has 1 rings (SSSR count). The van der Waals surface area contributed by atoms with Crippen molar-refractivity contribution in [2.45, 2.75) is 25.9 Å². The summed E-state index contributed by atoms with van der Waals surface area (Å²) in [5.41, 5.74) is 2.15. The average Bonchev–Trinajstić information content (AvgIpc) is 2.29. The number of hydrogen-bond acceptors (Lipinski definition) is 4. The van der Waals surface area contributed by atoms with E-state index in [0.717, 1.165) is 11.3 Å². The number of nitrogens with zero attached hydrogens (tertiary/aromatic N) is 2. The Morgan fingerprint density at radius 3 is 2.94 bits per heavy atom. The lowest BCUT2D eigenvalue weighted by Gasteiger charge is -2.11. The fraction of sp³-hybridized carbons (Fsp3) is 0.500. The molecule has 1 N–H and O–H groups in total. The Morgan fingerprint density at radius 1 is 1.62 bits per heavy atom. The average molecular weight is 220 g/mol. The van der Waals surface area contributed by atoms with Crippen LogP contribution in [0.3, 0.4) is 0 Å². The van der Waals surface area contributed by atoms with Crippen molar-refractivity contribution in [2.75, 3.05) is 13.7 Å². The largest absolute Gasteiger partial charge is 0.396 e. The standard InChI is InChI=1S/C12H16N2O2/c1-9(16-2)7-12-11(8-13)10(4-6-15)3-5-14-12/h3,5,9,15H,4,6-7H2,1-2H3. The minimum absolute atomic E-state index is 0.0315. The number of methoxy groups -OCH3 is 1. The highest BCUT2D eigenvalue weighted by molar-refractivity contribution is 5.41. The van der Waals surface area contributed by atoms with E-state index in [0.29, 0.717) is 18.4 Å². The number of aliphatic hydroxyl groups is 1. The van der Waals surface area contributed by atoms with Gasteiger partial charge in [-0.1, -0.05) is 0 Å². The zero-order chi connectivity index (χ0) is 12.0. The maximum absolute atomic E-state index is 9.10. The Bertz CT molecular complexity index is 385. The van der Waals surface area contributed by atoms with Gasteiger partial charge in [0, 0.05) is 26.3 Å². The molecule has 0 aromatic carbocycles. The summed E-state index contributed by atoms with van der Waals surface area (Å²) in [6, 6.07) is 3.92. The molecule has 86 valence electrons. The van der Waals surface area contributed by atoms with Crippen LogP contribution in [0.25, 0.3) is 0 Å². The van der Waals surface area contributed by atoms with E-state index in [-0.39, 0.29) is 12.7 Å². The first kappa shape index (κ1) is 12.6. The number of nitriles is 1. The van der Waals surface area contributed by atoms with E-state index in [2.05, 4.69) is 11.1 Å². The van der Waals surface area contributed by atoms with Crippen LogP contribution in [0, 0.1) is 11.3 Å². The second kappa shape index (κ2) is 6.21. The van der Waals surface area contributed by atoms with Crippen LogP contribution in [0.15, 0.2) is 12.3 Å². The predicted molar refractivity (Wildman–Crippen MR) is 59.9 cm³/mol. The highest BCUT2D eigenvalue weighted by atomic mass is 16.5. The molecule has 1 heterocycles. The van der Waals surface area contributed by atoms with Gasteiger partial charge >= 0.3 is 0 Å². The summed E-state index contributed by atoms with van der Waals surface area (Å²) in [4.78, 5) is 4.20. The zero-order valence-electron chi connectivity index (χ0n) is 9.60. The Morgan fingerprint density at radius 2 is 2.38 bits per heavy atom. The van der Waals surface area contributed by atoms with Crippen LogP contribution in [0.4, 0.5) is 0 Å². The molecule has 0 fully saturated rings. The quantitative estimate of drug-likeness (QED) is 0.806. The molecule has 1 aromatic rings. The summed E-state index contributed by atoms with van der Waals surface area (Å²) < 4.78 is 5.15. The first-order valence-corrected chi connectivity index (χ1v) is 5.23. The van der Waals surface area contributed by atoms with Gasteiger partial charge in [-0.2, -0.15) is 5.26 Å². The van der Waals surface area contributed by atoms with Crippen molar-refractivity contribution in [3.05, 3.63) is 29.1 Å². The monoisotopic (exact) mass is 220 g/mol. The molecule has 4 nitrogen and oxygen atoms in total. The third-order valence-electron chi connectivity index (χ3n) is 2.49. The number of pyridine rings is 1. The van der Waals surface area contributed by atoms with Crippen LogP contribution < -0.4 is 0 Å². The summed E-state index contributed by atoms with van der Waals surface area (Å²) in [7, 11) is 1.63. The van der Waals surface area contributed by atoms with Crippen molar-refractivity contribution in [3.8, 4) is 6.07 Å². The third-order valence-corrected chi connectivity index (χ3v) is 2.49.